The maximum Gasteiger partial charge on any atom is 0.414 e. The molecule has 0 aliphatic carbocycles. The number of pyridine rings is 1. The molecule has 0 saturated heterocycles. The second-order valence-corrected chi connectivity index (χ2v) is 5.90. The molecule has 0 radical (unpaired) electrons. The molecule has 0 aliphatic rings. The Morgan fingerprint density at radius 3 is 2.50 bits per heavy atom. The van der Waals surface area contributed by atoms with Crippen LogP contribution in [0.4, 0.5) is 10.6 Å². The molecular formula is C18H23ClN4O5. The van der Waals surface area contributed by atoms with Gasteiger partial charge in [-0.15, -0.1) is 12.4 Å². The number of carbonyl (C=O) groups excluding carboxylic acids is 1. The fraction of sp³-hybridized carbons (Fsp3) is 0.333. The van der Waals surface area contributed by atoms with Crippen LogP contribution in [0.25, 0.3) is 0 Å². The summed E-state index contributed by atoms with van der Waals surface area (Å²) in [7, 11) is 5.06. The number of halogens is 1. The minimum atomic E-state index is -0.562. The number of hydrogen-bond acceptors (Lipinski definition) is 7. The third-order valence-corrected chi connectivity index (χ3v) is 3.75. The van der Waals surface area contributed by atoms with Crippen LogP contribution in [0.1, 0.15) is 18.0 Å². The van der Waals surface area contributed by atoms with Crippen molar-refractivity contribution in [3.05, 3.63) is 58.1 Å². The zero-order valence-corrected chi connectivity index (χ0v) is 16.6. The third kappa shape index (κ3) is 6.67. The van der Waals surface area contributed by atoms with Crippen molar-refractivity contribution in [2.75, 3.05) is 27.7 Å². The van der Waals surface area contributed by atoms with E-state index in [2.05, 4.69) is 10.3 Å². The minimum Gasteiger partial charge on any atom is -0.459 e. The van der Waals surface area contributed by atoms with E-state index in [1.165, 1.54) is 17.0 Å². The molecule has 1 aromatic carbocycles. The van der Waals surface area contributed by atoms with Gasteiger partial charge >= 0.3 is 17.8 Å². The fourth-order valence-corrected chi connectivity index (χ4v) is 2.31. The third-order valence-electron chi connectivity index (χ3n) is 3.75. The Morgan fingerprint density at radius 1 is 1.25 bits per heavy atom. The van der Waals surface area contributed by atoms with Crippen LogP contribution in [0.2, 0.25) is 0 Å². The Hall–Kier alpha value is -2.91. The SMILES string of the molecule is CNC(CCOc1cccc([N+](=O)[O-])n1)c1ccc(OC(=O)N(C)C)cc1.Cl. The largest absolute Gasteiger partial charge is 0.459 e. The van der Waals surface area contributed by atoms with Crippen molar-refractivity contribution in [1.82, 2.24) is 15.2 Å². The highest BCUT2D eigenvalue weighted by atomic mass is 35.5. The maximum atomic E-state index is 11.6. The Labute approximate surface area is 169 Å². The summed E-state index contributed by atoms with van der Waals surface area (Å²) in [6.45, 7) is 0.330. The van der Waals surface area contributed by atoms with Crippen molar-refractivity contribution in [1.29, 1.82) is 0 Å². The van der Waals surface area contributed by atoms with Gasteiger partial charge in [-0.25, -0.2) is 4.79 Å². The van der Waals surface area contributed by atoms with Crippen molar-refractivity contribution in [3.63, 3.8) is 0 Å². The molecule has 10 heteroatoms. The van der Waals surface area contributed by atoms with Crippen LogP contribution in [-0.2, 0) is 0 Å². The van der Waals surface area contributed by atoms with Gasteiger partial charge in [-0.05, 0) is 35.7 Å². The highest BCUT2D eigenvalue weighted by molar-refractivity contribution is 5.85. The number of hydrogen-bond donors (Lipinski definition) is 1. The van der Waals surface area contributed by atoms with E-state index in [0.29, 0.717) is 18.8 Å². The number of nitro groups is 1. The molecule has 0 fully saturated rings. The Kier molecular flexibility index (Phi) is 9.13. The predicted molar refractivity (Wildman–Crippen MR) is 106 cm³/mol. The lowest BCUT2D eigenvalue weighted by atomic mass is 10.0. The molecule has 9 nitrogen and oxygen atoms in total. The molecule has 1 atom stereocenters. The van der Waals surface area contributed by atoms with E-state index in [4.69, 9.17) is 9.47 Å². The normalized spacial score (nSPS) is 11.1. The van der Waals surface area contributed by atoms with Gasteiger partial charge in [0.25, 0.3) is 0 Å². The lowest BCUT2D eigenvalue weighted by Crippen LogP contribution is -2.25. The van der Waals surface area contributed by atoms with Gasteiger partial charge in [-0.2, -0.15) is 0 Å². The highest BCUT2D eigenvalue weighted by Gasteiger charge is 2.14. The lowest BCUT2D eigenvalue weighted by Gasteiger charge is -2.17. The molecular weight excluding hydrogens is 388 g/mol. The van der Waals surface area contributed by atoms with Gasteiger partial charge in [0.2, 0.25) is 0 Å². The first kappa shape index (κ1) is 23.1. The summed E-state index contributed by atoms with van der Waals surface area (Å²) in [5.41, 5.74) is 0.998. The number of benzene rings is 1. The Morgan fingerprint density at radius 2 is 1.93 bits per heavy atom. The van der Waals surface area contributed by atoms with Gasteiger partial charge in [-0.1, -0.05) is 12.1 Å². The number of nitrogens with one attached hydrogen (secondary N) is 1. The minimum absolute atomic E-state index is 0. The standard InChI is InChI=1S/C18H22N4O5.ClH/c1-19-15(11-12-26-17-6-4-5-16(20-17)22(24)25)13-7-9-14(10-8-13)27-18(23)21(2)3;/h4-10,15,19H,11-12H2,1-3H3;1H. The Bertz CT molecular complexity index is 786. The smallest absolute Gasteiger partial charge is 0.414 e. The summed E-state index contributed by atoms with van der Waals surface area (Å²) in [5.74, 6) is 0.426. The average Bonchev–Trinajstić information content (AvgIpc) is 2.66. The predicted octanol–water partition coefficient (Wildman–Crippen LogP) is 3.20. The first-order valence-electron chi connectivity index (χ1n) is 8.31. The van der Waals surface area contributed by atoms with E-state index in [-0.39, 0.29) is 30.1 Å². The van der Waals surface area contributed by atoms with Crippen molar-refractivity contribution in [2.45, 2.75) is 12.5 Å². The second kappa shape index (κ2) is 11.1. The molecule has 1 unspecified atom stereocenters. The van der Waals surface area contributed by atoms with Gasteiger partial charge in [0, 0.05) is 43.7 Å². The van der Waals surface area contributed by atoms with Crippen LogP contribution in [-0.4, -0.2) is 48.7 Å². The summed E-state index contributed by atoms with van der Waals surface area (Å²) in [6, 6.07) is 11.6. The quantitative estimate of drug-likeness (QED) is 0.526. The van der Waals surface area contributed by atoms with Crippen LogP contribution < -0.4 is 14.8 Å². The van der Waals surface area contributed by atoms with Gasteiger partial charge in [0.1, 0.15) is 5.75 Å². The summed E-state index contributed by atoms with van der Waals surface area (Å²) < 4.78 is 10.7. The molecule has 0 saturated carbocycles. The van der Waals surface area contributed by atoms with E-state index in [1.807, 2.05) is 19.2 Å². The first-order valence-corrected chi connectivity index (χ1v) is 8.31. The summed E-state index contributed by atoms with van der Waals surface area (Å²) in [6.07, 6.45) is 0.184. The molecule has 2 aromatic rings. The number of carbonyl (C=O) groups is 1. The fourth-order valence-electron chi connectivity index (χ4n) is 2.31. The second-order valence-electron chi connectivity index (χ2n) is 5.90. The highest BCUT2D eigenvalue weighted by Crippen LogP contribution is 2.21. The molecule has 1 N–H and O–H groups in total. The van der Waals surface area contributed by atoms with E-state index in [9.17, 15) is 14.9 Å². The molecule has 0 spiro atoms. The first-order chi connectivity index (χ1) is 12.9. The van der Waals surface area contributed by atoms with Crippen molar-refractivity contribution >= 4 is 24.3 Å². The van der Waals surface area contributed by atoms with E-state index in [1.54, 1.807) is 32.3 Å². The topological polar surface area (TPSA) is 107 Å². The van der Waals surface area contributed by atoms with Gasteiger partial charge in [0.15, 0.2) is 0 Å². The molecule has 28 heavy (non-hydrogen) atoms. The molecule has 1 aromatic heterocycles. The average molecular weight is 411 g/mol. The zero-order valence-electron chi connectivity index (χ0n) is 15.8. The molecule has 1 heterocycles. The van der Waals surface area contributed by atoms with E-state index < -0.39 is 11.0 Å². The van der Waals surface area contributed by atoms with Crippen LogP contribution in [0.3, 0.4) is 0 Å². The summed E-state index contributed by atoms with van der Waals surface area (Å²) in [4.78, 5) is 26.9. The Balaban J connectivity index is 0.00000392. The van der Waals surface area contributed by atoms with Crippen LogP contribution in [0, 0.1) is 10.1 Å². The van der Waals surface area contributed by atoms with Crippen molar-refractivity contribution in [3.8, 4) is 11.6 Å². The number of aromatic nitrogens is 1. The molecule has 0 aliphatic heterocycles. The lowest BCUT2D eigenvalue weighted by molar-refractivity contribution is -0.389. The molecule has 2 rings (SSSR count). The van der Waals surface area contributed by atoms with Gasteiger partial charge < -0.3 is 29.8 Å². The number of amides is 1. The maximum absolute atomic E-state index is 11.6. The van der Waals surface area contributed by atoms with Crippen molar-refractivity contribution in [2.24, 2.45) is 0 Å². The van der Waals surface area contributed by atoms with Crippen molar-refractivity contribution < 1.29 is 19.2 Å². The number of rotatable bonds is 8. The van der Waals surface area contributed by atoms with E-state index >= 15 is 0 Å². The number of nitrogens with zero attached hydrogens (tertiary/aromatic N) is 3. The monoisotopic (exact) mass is 410 g/mol. The number of ether oxygens (including phenoxy) is 2. The van der Waals surface area contributed by atoms with Gasteiger partial charge in [0.05, 0.1) is 6.61 Å². The zero-order chi connectivity index (χ0) is 19.8. The van der Waals surface area contributed by atoms with E-state index in [0.717, 1.165) is 5.56 Å². The molecule has 1 amide bonds. The molecule has 152 valence electrons. The van der Waals surface area contributed by atoms with Crippen LogP contribution in [0.15, 0.2) is 42.5 Å². The van der Waals surface area contributed by atoms with Gasteiger partial charge in [-0.3, -0.25) is 0 Å². The molecule has 0 bridgehead atoms. The van der Waals surface area contributed by atoms with Crippen LogP contribution in [0.5, 0.6) is 11.6 Å². The summed E-state index contributed by atoms with van der Waals surface area (Å²) >= 11 is 0. The van der Waals surface area contributed by atoms with Crippen LogP contribution >= 0.6 is 12.4 Å². The summed E-state index contributed by atoms with van der Waals surface area (Å²) in [5, 5.41) is 13.9.